The predicted molar refractivity (Wildman–Crippen MR) is 78.7 cm³/mol. The summed E-state index contributed by atoms with van der Waals surface area (Å²) < 4.78 is 21.4. The number of hydrogen-bond acceptors (Lipinski definition) is 3. The summed E-state index contributed by atoms with van der Waals surface area (Å²) in [5, 5.41) is 0. The van der Waals surface area contributed by atoms with Crippen LogP contribution in [-0.4, -0.2) is 17.3 Å². The second kappa shape index (κ2) is 9.61. The van der Waals surface area contributed by atoms with Gasteiger partial charge in [0.1, 0.15) is 0 Å². The Kier molecular flexibility index (Phi) is 9.99. The zero-order chi connectivity index (χ0) is 14.1. The molecule has 0 spiro atoms. The molecule has 0 fully saturated rings. The number of hydrogen-bond donors (Lipinski definition) is 0. The van der Waals surface area contributed by atoms with Gasteiger partial charge in [-0.05, 0) is 26.7 Å². The molecule has 0 aliphatic rings. The minimum Gasteiger partial charge on any atom is -0.307 e. The first kappa shape index (κ1) is 18.7. The number of halogens is 2. The van der Waals surface area contributed by atoms with Crippen molar-refractivity contribution in [3.05, 3.63) is 0 Å². The lowest BCUT2D eigenvalue weighted by molar-refractivity contribution is 0.213. The molecule has 18 heavy (non-hydrogen) atoms. The third-order valence-electron chi connectivity index (χ3n) is 2.58. The minimum atomic E-state index is -3.45. The molecule has 0 saturated carbocycles. The van der Waals surface area contributed by atoms with Crippen molar-refractivity contribution < 1.29 is 13.6 Å². The highest BCUT2D eigenvalue weighted by Crippen LogP contribution is 2.66. The topological polar surface area (TPSA) is 35.5 Å². The van der Waals surface area contributed by atoms with Crippen molar-refractivity contribution in [1.82, 2.24) is 0 Å². The van der Waals surface area contributed by atoms with Gasteiger partial charge in [-0.2, -0.15) is 0 Å². The highest BCUT2D eigenvalue weighted by molar-refractivity contribution is 7.60. The molecule has 0 radical (unpaired) electrons. The molecule has 0 amide bonds. The van der Waals surface area contributed by atoms with Gasteiger partial charge in [0.25, 0.3) is 0 Å². The van der Waals surface area contributed by atoms with E-state index in [1.165, 1.54) is 12.8 Å². The van der Waals surface area contributed by atoms with Crippen molar-refractivity contribution in [2.75, 3.05) is 13.2 Å². The molecule has 0 N–H and O–H groups in total. The van der Waals surface area contributed by atoms with E-state index in [9.17, 15) is 4.57 Å². The van der Waals surface area contributed by atoms with Gasteiger partial charge in [0.2, 0.25) is 4.07 Å². The Hall–Kier alpha value is 0.730. The average molecular weight is 319 g/mol. The molecule has 110 valence electrons. The summed E-state index contributed by atoms with van der Waals surface area (Å²) in [6.07, 6.45) is 5.82. The Labute approximate surface area is 121 Å². The predicted octanol–water partition coefficient (Wildman–Crippen LogP) is 5.74. The van der Waals surface area contributed by atoms with Crippen LogP contribution in [0.3, 0.4) is 0 Å². The standard InChI is InChI=1S/C12H25Cl2O3P/c1-4-7-8-9-10-11-12(13,14)18(15,16-5-2)17-6-3/h4-11H2,1-3H3. The zero-order valence-corrected chi connectivity index (χ0v) is 14.0. The maximum absolute atomic E-state index is 12.4. The monoisotopic (exact) mass is 318 g/mol. The van der Waals surface area contributed by atoms with E-state index in [4.69, 9.17) is 32.2 Å². The van der Waals surface area contributed by atoms with E-state index in [-0.39, 0.29) is 13.2 Å². The normalized spacial score (nSPS) is 12.9. The summed E-state index contributed by atoms with van der Waals surface area (Å²) in [7, 11) is -3.45. The van der Waals surface area contributed by atoms with Crippen LogP contribution in [0, 0.1) is 0 Å². The molecule has 0 unspecified atom stereocenters. The maximum atomic E-state index is 12.4. The summed E-state index contributed by atoms with van der Waals surface area (Å²) in [6.45, 7) is 6.20. The van der Waals surface area contributed by atoms with Crippen molar-refractivity contribution in [2.24, 2.45) is 0 Å². The van der Waals surface area contributed by atoms with Gasteiger partial charge in [0.05, 0.1) is 13.2 Å². The molecule has 0 bridgehead atoms. The lowest BCUT2D eigenvalue weighted by Crippen LogP contribution is -2.18. The molecule has 0 aromatic carbocycles. The second-order valence-corrected chi connectivity index (χ2v) is 8.45. The third kappa shape index (κ3) is 6.25. The first-order valence-electron chi connectivity index (χ1n) is 6.70. The molecule has 0 saturated heterocycles. The molecule has 0 aliphatic carbocycles. The highest BCUT2D eigenvalue weighted by atomic mass is 35.5. The molecular formula is C12H25Cl2O3P. The maximum Gasteiger partial charge on any atom is 0.366 e. The first-order valence-corrected chi connectivity index (χ1v) is 9.00. The summed E-state index contributed by atoms with van der Waals surface area (Å²) >= 11 is 12.3. The van der Waals surface area contributed by atoms with Crippen molar-refractivity contribution in [1.29, 1.82) is 0 Å². The molecule has 0 aliphatic heterocycles. The summed E-state index contributed by atoms with van der Waals surface area (Å²) in [5.41, 5.74) is 0. The Morgan fingerprint density at radius 1 is 0.944 bits per heavy atom. The SMILES string of the molecule is CCCCCCCC(Cl)(Cl)P(=O)(OCC)OCC. The van der Waals surface area contributed by atoms with Gasteiger partial charge in [0.15, 0.2) is 0 Å². The average Bonchev–Trinajstić information content (AvgIpc) is 2.29. The van der Waals surface area contributed by atoms with Crippen LogP contribution < -0.4 is 0 Å². The van der Waals surface area contributed by atoms with E-state index in [1.54, 1.807) is 13.8 Å². The van der Waals surface area contributed by atoms with Crippen LogP contribution in [0.25, 0.3) is 0 Å². The van der Waals surface area contributed by atoms with Gasteiger partial charge in [-0.15, -0.1) is 0 Å². The van der Waals surface area contributed by atoms with Crippen LogP contribution in [0.5, 0.6) is 0 Å². The summed E-state index contributed by atoms with van der Waals surface area (Å²) in [5.74, 6) is 0. The smallest absolute Gasteiger partial charge is 0.307 e. The van der Waals surface area contributed by atoms with Gasteiger partial charge in [-0.3, -0.25) is 4.57 Å². The van der Waals surface area contributed by atoms with Gasteiger partial charge in [-0.25, -0.2) is 0 Å². The quantitative estimate of drug-likeness (QED) is 0.276. The molecular weight excluding hydrogens is 294 g/mol. The van der Waals surface area contributed by atoms with Crippen molar-refractivity contribution in [2.45, 2.75) is 63.4 Å². The van der Waals surface area contributed by atoms with E-state index in [1.807, 2.05) is 0 Å². The molecule has 0 atom stereocenters. The Bertz CT molecular complexity index is 250. The Balaban J connectivity index is 4.32. The van der Waals surface area contributed by atoms with Gasteiger partial charge in [-0.1, -0.05) is 55.8 Å². The van der Waals surface area contributed by atoms with Crippen LogP contribution in [0.2, 0.25) is 0 Å². The van der Waals surface area contributed by atoms with Crippen LogP contribution in [0.1, 0.15) is 59.3 Å². The third-order valence-corrected chi connectivity index (χ3v) is 6.42. The molecule has 0 aromatic rings. The van der Waals surface area contributed by atoms with Gasteiger partial charge >= 0.3 is 7.60 Å². The molecule has 0 heterocycles. The van der Waals surface area contributed by atoms with Crippen LogP contribution in [0.15, 0.2) is 0 Å². The largest absolute Gasteiger partial charge is 0.366 e. The number of alkyl halides is 2. The second-order valence-electron chi connectivity index (χ2n) is 4.16. The molecule has 3 nitrogen and oxygen atoms in total. The summed E-state index contributed by atoms with van der Waals surface area (Å²) in [4.78, 5) is 0. The van der Waals surface area contributed by atoms with E-state index in [0.29, 0.717) is 6.42 Å². The van der Waals surface area contributed by atoms with Crippen molar-refractivity contribution >= 4 is 30.8 Å². The lowest BCUT2D eigenvalue weighted by Gasteiger charge is -2.28. The van der Waals surface area contributed by atoms with Gasteiger partial charge < -0.3 is 9.05 Å². The summed E-state index contributed by atoms with van der Waals surface area (Å²) in [6, 6.07) is 0. The van der Waals surface area contributed by atoms with Crippen LogP contribution >= 0.6 is 30.8 Å². The van der Waals surface area contributed by atoms with Crippen LogP contribution in [0.4, 0.5) is 0 Å². The first-order chi connectivity index (χ1) is 8.43. The van der Waals surface area contributed by atoms with E-state index < -0.39 is 11.7 Å². The van der Waals surface area contributed by atoms with E-state index in [2.05, 4.69) is 6.92 Å². The number of unbranched alkanes of at least 4 members (excludes halogenated alkanes) is 4. The lowest BCUT2D eigenvalue weighted by atomic mass is 10.1. The van der Waals surface area contributed by atoms with Crippen molar-refractivity contribution in [3.8, 4) is 0 Å². The van der Waals surface area contributed by atoms with E-state index >= 15 is 0 Å². The number of rotatable bonds is 11. The minimum absolute atomic E-state index is 0.272. The molecule has 6 heteroatoms. The highest BCUT2D eigenvalue weighted by Gasteiger charge is 2.47. The fourth-order valence-electron chi connectivity index (χ4n) is 1.64. The Morgan fingerprint density at radius 3 is 1.89 bits per heavy atom. The van der Waals surface area contributed by atoms with Crippen LogP contribution in [-0.2, 0) is 13.6 Å². The van der Waals surface area contributed by atoms with E-state index in [0.717, 1.165) is 19.3 Å². The molecule has 0 aromatic heterocycles. The fraction of sp³-hybridized carbons (Fsp3) is 1.00. The molecule has 0 rings (SSSR count). The fourth-order valence-corrected chi connectivity index (χ4v) is 4.06. The van der Waals surface area contributed by atoms with Crippen molar-refractivity contribution in [3.63, 3.8) is 0 Å². The zero-order valence-electron chi connectivity index (χ0n) is 11.6. The Morgan fingerprint density at radius 2 is 1.44 bits per heavy atom. The van der Waals surface area contributed by atoms with Gasteiger partial charge in [0, 0.05) is 0 Å².